The number of carboxylic acids is 1. The number of carboxylic acid groups (broad SMARTS) is 1. The highest BCUT2D eigenvalue weighted by atomic mass is 32.2. The molecule has 0 radical (unpaired) electrons. The van der Waals surface area contributed by atoms with Crippen LogP contribution in [-0.4, -0.2) is 22.9 Å². The van der Waals surface area contributed by atoms with Crippen LogP contribution in [0.15, 0.2) is 11.6 Å². The van der Waals surface area contributed by atoms with E-state index in [1.165, 1.54) is 18.0 Å². The lowest BCUT2D eigenvalue weighted by Crippen LogP contribution is -2.32. The van der Waals surface area contributed by atoms with E-state index in [9.17, 15) is 4.79 Å². The molecule has 5 N–H and O–H groups in total. The molecule has 1 atom stereocenters. The number of hydrogen-bond acceptors (Lipinski definition) is 4. The maximum Gasteiger partial charge on any atom is 0.321 e. The van der Waals surface area contributed by atoms with Gasteiger partial charge in [0.05, 0.1) is 0 Å². The van der Waals surface area contributed by atoms with Crippen LogP contribution in [0.5, 0.6) is 0 Å². The maximum absolute atomic E-state index is 10.1. The summed E-state index contributed by atoms with van der Waals surface area (Å²) in [5, 5.41) is 9.89. The zero-order valence-corrected chi connectivity index (χ0v) is 6.17. The summed E-state index contributed by atoms with van der Waals surface area (Å²) < 4.78 is 0. The summed E-state index contributed by atoms with van der Waals surface area (Å²) in [6.45, 7) is 0. The van der Waals surface area contributed by atoms with Crippen LogP contribution in [-0.2, 0) is 4.79 Å². The van der Waals surface area contributed by atoms with Gasteiger partial charge in [-0.05, 0) is 5.41 Å². The average molecular weight is 162 g/mol. The Morgan fingerprint density at radius 2 is 2.40 bits per heavy atom. The highest BCUT2D eigenvalue weighted by Gasteiger charge is 2.09. The van der Waals surface area contributed by atoms with E-state index < -0.39 is 12.0 Å². The van der Waals surface area contributed by atoms with Crippen LogP contribution in [0.3, 0.4) is 0 Å². The van der Waals surface area contributed by atoms with Crippen LogP contribution in [0.25, 0.3) is 0 Å². The Balaban J connectivity index is 3.39. The second-order valence-corrected chi connectivity index (χ2v) is 2.55. The van der Waals surface area contributed by atoms with Crippen molar-refractivity contribution in [1.29, 1.82) is 0 Å². The Morgan fingerprint density at radius 1 is 1.80 bits per heavy atom. The largest absolute Gasteiger partial charge is 0.480 e. The van der Waals surface area contributed by atoms with Crippen molar-refractivity contribution in [2.75, 3.05) is 5.75 Å². The average Bonchev–Trinajstić information content (AvgIpc) is 1.88. The molecule has 0 rings (SSSR count). The topological polar surface area (TPSA) is 89.3 Å². The molecule has 0 aliphatic heterocycles. The second kappa shape index (κ2) is 5.13. The van der Waals surface area contributed by atoms with Gasteiger partial charge in [-0.1, -0.05) is 0 Å². The lowest BCUT2D eigenvalue weighted by molar-refractivity contribution is -0.137. The highest BCUT2D eigenvalue weighted by molar-refractivity contribution is 8.02. The zero-order valence-electron chi connectivity index (χ0n) is 5.36. The summed E-state index contributed by atoms with van der Waals surface area (Å²) in [6, 6.07) is -0.804. The summed E-state index contributed by atoms with van der Waals surface area (Å²) in [6.07, 6.45) is 1.35. The van der Waals surface area contributed by atoms with E-state index in [1.54, 1.807) is 5.41 Å². The first kappa shape index (κ1) is 9.32. The summed E-state index contributed by atoms with van der Waals surface area (Å²) in [5.41, 5.74) is 10.2. The van der Waals surface area contributed by atoms with Gasteiger partial charge < -0.3 is 16.6 Å². The molecule has 0 aromatic carbocycles. The molecule has 0 saturated carbocycles. The second-order valence-electron chi connectivity index (χ2n) is 1.61. The van der Waals surface area contributed by atoms with Crippen molar-refractivity contribution in [2.24, 2.45) is 11.5 Å². The maximum atomic E-state index is 10.1. The summed E-state index contributed by atoms with van der Waals surface area (Å²) in [4.78, 5) is 10.1. The monoisotopic (exact) mass is 162 g/mol. The van der Waals surface area contributed by atoms with Gasteiger partial charge in [0.2, 0.25) is 0 Å². The number of carbonyl (C=O) groups is 1. The first-order valence-electron chi connectivity index (χ1n) is 2.65. The van der Waals surface area contributed by atoms with Gasteiger partial charge in [-0.2, -0.15) is 0 Å². The van der Waals surface area contributed by atoms with Gasteiger partial charge in [0.15, 0.2) is 0 Å². The lowest BCUT2D eigenvalue weighted by Gasteiger charge is -2.01. The van der Waals surface area contributed by atoms with Gasteiger partial charge in [0, 0.05) is 12.0 Å². The molecule has 0 aliphatic rings. The molecule has 0 amide bonds. The third-order valence-electron chi connectivity index (χ3n) is 0.768. The Bertz CT molecular complexity index is 138. The van der Waals surface area contributed by atoms with Crippen molar-refractivity contribution in [1.82, 2.24) is 0 Å². The van der Waals surface area contributed by atoms with Crippen molar-refractivity contribution in [2.45, 2.75) is 6.04 Å². The molecule has 0 spiro atoms. The minimum atomic E-state index is -0.988. The Hall–Kier alpha value is -0.680. The van der Waals surface area contributed by atoms with Crippen molar-refractivity contribution >= 4 is 17.7 Å². The first-order chi connectivity index (χ1) is 4.68. The van der Waals surface area contributed by atoms with Crippen LogP contribution in [0.1, 0.15) is 0 Å². The van der Waals surface area contributed by atoms with E-state index >= 15 is 0 Å². The Kier molecular flexibility index (Phi) is 4.78. The predicted octanol–water partition coefficient (Wildman–Crippen LogP) is -0.439. The van der Waals surface area contributed by atoms with Gasteiger partial charge in [0.1, 0.15) is 6.04 Å². The van der Waals surface area contributed by atoms with E-state index in [-0.39, 0.29) is 0 Å². The van der Waals surface area contributed by atoms with Crippen LogP contribution in [0.4, 0.5) is 0 Å². The highest BCUT2D eigenvalue weighted by Crippen LogP contribution is 2.01. The number of rotatable bonds is 4. The van der Waals surface area contributed by atoms with E-state index in [1.807, 2.05) is 0 Å². The van der Waals surface area contributed by atoms with Gasteiger partial charge in [-0.25, -0.2) is 0 Å². The van der Waals surface area contributed by atoms with Crippen LogP contribution < -0.4 is 11.5 Å². The molecule has 10 heavy (non-hydrogen) atoms. The predicted molar refractivity (Wildman–Crippen MR) is 41.4 cm³/mol. The minimum absolute atomic E-state index is 0.350. The number of nitrogens with two attached hydrogens (primary N) is 2. The molecule has 1 unspecified atom stereocenters. The normalized spacial score (nSPS) is 13.7. The minimum Gasteiger partial charge on any atom is -0.480 e. The van der Waals surface area contributed by atoms with Crippen molar-refractivity contribution in [3.05, 3.63) is 11.6 Å². The molecule has 0 saturated heterocycles. The van der Waals surface area contributed by atoms with Gasteiger partial charge in [-0.15, -0.1) is 11.8 Å². The number of thioether (sulfide) groups is 1. The fourth-order valence-electron chi connectivity index (χ4n) is 0.286. The fraction of sp³-hybridized carbons (Fsp3) is 0.400. The Labute approximate surface area is 63.3 Å². The molecule has 4 nitrogen and oxygen atoms in total. The smallest absolute Gasteiger partial charge is 0.321 e. The molecule has 0 bridgehead atoms. The molecule has 0 aromatic rings. The van der Waals surface area contributed by atoms with Crippen LogP contribution in [0.2, 0.25) is 0 Å². The molecule has 0 heterocycles. The lowest BCUT2D eigenvalue weighted by atomic mass is 10.4. The number of aliphatic carboxylic acids is 1. The molecular weight excluding hydrogens is 152 g/mol. The first-order valence-corrected chi connectivity index (χ1v) is 3.70. The fourth-order valence-corrected chi connectivity index (χ4v) is 0.858. The van der Waals surface area contributed by atoms with E-state index in [0.717, 1.165) is 0 Å². The summed E-state index contributed by atoms with van der Waals surface area (Å²) in [5.74, 6) is -0.638. The summed E-state index contributed by atoms with van der Waals surface area (Å²) >= 11 is 1.28. The van der Waals surface area contributed by atoms with Crippen molar-refractivity contribution < 1.29 is 9.90 Å². The van der Waals surface area contributed by atoms with Gasteiger partial charge in [-0.3, -0.25) is 4.79 Å². The molecule has 0 aliphatic carbocycles. The zero-order chi connectivity index (χ0) is 7.98. The Morgan fingerprint density at radius 3 is 2.80 bits per heavy atom. The molecule has 0 aromatic heterocycles. The van der Waals surface area contributed by atoms with Gasteiger partial charge >= 0.3 is 5.97 Å². The third-order valence-corrected chi connectivity index (χ3v) is 1.67. The molecule has 5 heteroatoms. The summed E-state index contributed by atoms with van der Waals surface area (Å²) in [7, 11) is 0. The van der Waals surface area contributed by atoms with Crippen molar-refractivity contribution in [3.8, 4) is 0 Å². The van der Waals surface area contributed by atoms with Crippen LogP contribution in [0, 0.1) is 0 Å². The van der Waals surface area contributed by atoms with E-state index in [2.05, 4.69) is 0 Å². The number of hydrogen-bond donors (Lipinski definition) is 3. The van der Waals surface area contributed by atoms with Gasteiger partial charge in [0.25, 0.3) is 0 Å². The third kappa shape index (κ3) is 4.22. The van der Waals surface area contributed by atoms with Crippen LogP contribution >= 0.6 is 11.8 Å². The quantitative estimate of drug-likeness (QED) is 0.521. The SMILES string of the molecule is NC=CSCC(N)C(=O)O. The molecule has 0 fully saturated rings. The molecular formula is C5H10N2O2S. The van der Waals surface area contributed by atoms with Crippen molar-refractivity contribution in [3.63, 3.8) is 0 Å². The van der Waals surface area contributed by atoms with E-state index in [0.29, 0.717) is 5.75 Å². The van der Waals surface area contributed by atoms with E-state index in [4.69, 9.17) is 16.6 Å². The molecule has 58 valence electrons. The standard InChI is InChI=1S/C5H10N2O2S/c6-1-2-10-3-4(7)5(8)9/h1-2,4H,3,6-7H2,(H,8,9).